The minimum absolute atomic E-state index is 0.138. The molecule has 2 aromatic rings. The monoisotopic (exact) mass is 244 g/mol. The standard InChI is InChI=1S/C14H16N2O2/c1-11(17)7-10-14-15-13(16-18-14)9-8-12-5-3-2-4-6-12/h2-6H,7-10H2,1H3. The lowest BCUT2D eigenvalue weighted by atomic mass is 10.1. The van der Waals surface area contributed by atoms with E-state index in [2.05, 4.69) is 22.3 Å². The third kappa shape index (κ3) is 3.80. The first-order chi connectivity index (χ1) is 8.74. The van der Waals surface area contributed by atoms with Crippen LogP contribution in [0.15, 0.2) is 34.9 Å². The summed E-state index contributed by atoms with van der Waals surface area (Å²) in [7, 11) is 0. The van der Waals surface area contributed by atoms with Crippen molar-refractivity contribution < 1.29 is 9.32 Å². The Bertz CT molecular complexity index is 506. The second-order valence-electron chi connectivity index (χ2n) is 4.29. The molecule has 0 aliphatic rings. The predicted octanol–water partition coefficient (Wildman–Crippen LogP) is 2.38. The maximum Gasteiger partial charge on any atom is 0.227 e. The molecule has 1 aromatic carbocycles. The first kappa shape index (κ1) is 12.5. The highest BCUT2D eigenvalue weighted by molar-refractivity contribution is 5.75. The van der Waals surface area contributed by atoms with Gasteiger partial charge in [-0.3, -0.25) is 0 Å². The van der Waals surface area contributed by atoms with E-state index in [0.717, 1.165) is 12.8 Å². The van der Waals surface area contributed by atoms with E-state index >= 15 is 0 Å². The van der Waals surface area contributed by atoms with E-state index < -0.39 is 0 Å². The van der Waals surface area contributed by atoms with E-state index in [1.54, 1.807) is 6.92 Å². The topological polar surface area (TPSA) is 56.0 Å². The number of rotatable bonds is 6. The molecule has 0 unspecified atom stereocenters. The number of Topliss-reactive ketones (excluding diaryl/α,β-unsaturated/α-hetero) is 1. The fourth-order valence-electron chi connectivity index (χ4n) is 1.68. The largest absolute Gasteiger partial charge is 0.339 e. The maximum atomic E-state index is 10.8. The lowest BCUT2D eigenvalue weighted by molar-refractivity contribution is -0.117. The van der Waals surface area contributed by atoms with Crippen molar-refractivity contribution in [3.8, 4) is 0 Å². The third-order valence-electron chi connectivity index (χ3n) is 2.68. The van der Waals surface area contributed by atoms with Crippen LogP contribution in [0, 0.1) is 0 Å². The van der Waals surface area contributed by atoms with Gasteiger partial charge in [0, 0.05) is 19.3 Å². The van der Waals surface area contributed by atoms with Gasteiger partial charge in [0.1, 0.15) is 5.78 Å². The predicted molar refractivity (Wildman–Crippen MR) is 67.2 cm³/mol. The van der Waals surface area contributed by atoms with Crippen molar-refractivity contribution in [1.29, 1.82) is 0 Å². The van der Waals surface area contributed by atoms with E-state index in [1.807, 2.05) is 18.2 Å². The van der Waals surface area contributed by atoms with Gasteiger partial charge in [0.05, 0.1) is 0 Å². The Hall–Kier alpha value is -1.97. The molecule has 0 aliphatic carbocycles. The fraction of sp³-hybridized carbons (Fsp3) is 0.357. The molecule has 2 rings (SSSR count). The number of ketones is 1. The highest BCUT2D eigenvalue weighted by Gasteiger charge is 2.07. The summed E-state index contributed by atoms with van der Waals surface area (Å²) < 4.78 is 5.09. The average molecular weight is 244 g/mol. The minimum Gasteiger partial charge on any atom is -0.339 e. The first-order valence-corrected chi connectivity index (χ1v) is 6.09. The summed E-state index contributed by atoms with van der Waals surface area (Å²) in [6.45, 7) is 1.56. The molecular formula is C14H16N2O2. The summed E-state index contributed by atoms with van der Waals surface area (Å²) in [5.41, 5.74) is 1.26. The molecule has 0 spiro atoms. The van der Waals surface area contributed by atoms with Crippen LogP contribution >= 0.6 is 0 Å². The second kappa shape index (κ2) is 6.10. The van der Waals surface area contributed by atoms with E-state index in [9.17, 15) is 4.79 Å². The molecule has 0 amide bonds. The van der Waals surface area contributed by atoms with Gasteiger partial charge in [0.15, 0.2) is 5.82 Å². The molecule has 4 nitrogen and oxygen atoms in total. The Balaban J connectivity index is 1.85. The van der Waals surface area contributed by atoms with Crippen molar-refractivity contribution in [3.05, 3.63) is 47.6 Å². The van der Waals surface area contributed by atoms with E-state index in [1.165, 1.54) is 5.56 Å². The molecule has 0 N–H and O–H groups in total. The van der Waals surface area contributed by atoms with Crippen LogP contribution < -0.4 is 0 Å². The van der Waals surface area contributed by atoms with Crippen molar-refractivity contribution >= 4 is 5.78 Å². The van der Waals surface area contributed by atoms with Gasteiger partial charge in [-0.1, -0.05) is 35.5 Å². The molecular weight excluding hydrogens is 228 g/mol. The van der Waals surface area contributed by atoms with Gasteiger partial charge in [0.25, 0.3) is 0 Å². The smallest absolute Gasteiger partial charge is 0.227 e. The summed E-state index contributed by atoms with van der Waals surface area (Å²) in [6.07, 6.45) is 2.65. The highest BCUT2D eigenvalue weighted by Crippen LogP contribution is 2.06. The van der Waals surface area contributed by atoms with Gasteiger partial charge in [-0.2, -0.15) is 4.98 Å². The van der Waals surface area contributed by atoms with Crippen molar-refractivity contribution in [2.24, 2.45) is 0 Å². The van der Waals surface area contributed by atoms with Crippen LogP contribution in [0.2, 0.25) is 0 Å². The first-order valence-electron chi connectivity index (χ1n) is 6.09. The fourth-order valence-corrected chi connectivity index (χ4v) is 1.68. The Labute approximate surface area is 106 Å². The third-order valence-corrected chi connectivity index (χ3v) is 2.68. The molecule has 4 heteroatoms. The Kier molecular flexibility index (Phi) is 4.23. The van der Waals surface area contributed by atoms with Crippen LogP contribution in [-0.2, 0) is 24.1 Å². The zero-order valence-corrected chi connectivity index (χ0v) is 10.4. The quantitative estimate of drug-likeness (QED) is 0.782. The van der Waals surface area contributed by atoms with E-state index in [0.29, 0.717) is 24.6 Å². The SMILES string of the molecule is CC(=O)CCc1nc(CCc2ccccc2)no1. The molecule has 0 aliphatic heterocycles. The molecule has 0 bridgehead atoms. The van der Waals surface area contributed by atoms with Crippen molar-refractivity contribution in [3.63, 3.8) is 0 Å². The Morgan fingerprint density at radius 2 is 1.94 bits per heavy atom. The summed E-state index contributed by atoms with van der Waals surface area (Å²) in [4.78, 5) is 15.1. The molecule has 0 saturated heterocycles. The summed E-state index contributed by atoms with van der Waals surface area (Å²) in [5, 5.41) is 3.91. The number of carbonyl (C=O) groups excluding carboxylic acids is 1. The number of benzene rings is 1. The lowest BCUT2D eigenvalue weighted by Crippen LogP contribution is -1.96. The molecule has 1 aromatic heterocycles. The zero-order valence-electron chi connectivity index (χ0n) is 10.4. The van der Waals surface area contributed by atoms with E-state index in [4.69, 9.17) is 4.52 Å². The van der Waals surface area contributed by atoms with Gasteiger partial charge >= 0.3 is 0 Å². The van der Waals surface area contributed by atoms with Crippen LogP contribution in [0.1, 0.15) is 30.6 Å². The Morgan fingerprint density at radius 1 is 1.17 bits per heavy atom. The number of nitrogens with zero attached hydrogens (tertiary/aromatic N) is 2. The maximum absolute atomic E-state index is 10.8. The molecule has 94 valence electrons. The molecule has 1 heterocycles. The molecule has 0 saturated carbocycles. The molecule has 18 heavy (non-hydrogen) atoms. The molecule has 0 radical (unpaired) electrons. The second-order valence-corrected chi connectivity index (χ2v) is 4.29. The van der Waals surface area contributed by atoms with E-state index in [-0.39, 0.29) is 5.78 Å². The van der Waals surface area contributed by atoms with Gasteiger partial charge in [-0.05, 0) is 18.9 Å². The number of aromatic nitrogens is 2. The van der Waals surface area contributed by atoms with Gasteiger partial charge in [0.2, 0.25) is 5.89 Å². The normalized spacial score (nSPS) is 10.5. The summed E-state index contributed by atoms with van der Waals surface area (Å²) in [6, 6.07) is 10.2. The zero-order chi connectivity index (χ0) is 12.8. The average Bonchev–Trinajstić information content (AvgIpc) is 2.83. The minimum atomic E-state index is 0.138. The van der Waals surface area contributed by atoms with Crippen LogP contribution in [-0.4, -0.2) is 15.9 Å². The number of hydrogen-bond donors (Lipinski definition) is 0. The number of carbonyl (C=O) groups is 1. The molecule has 0 atom stereocenters. The summed E-state index contributed by atoms with van der Waals surface area (Å²) in [5.74, 6) is 1.39. The summed E-state index contributed by atoms with van der Waals surface area (Å²) >= 11 is 0. The van der Waals surface area contributed by atoms with Crippen molar-refractivity contribution in [2.75, 3.05) is 0 Å². The van der Waals surface area contributed by atoms with Gasteiger partial charge in [-0.25, -0.2) is 0 Å². The number of aryl methyl sites for hydroxylation is 3. The van der Waals surface area contributed by atoms with Crippen LogP contribution in [0.25, 0.3) is 0 Å². The van der Waals surface area contributed by atoms with Crippen molar-refractivity contribution in [2.45, 2.75) is 32.6 Å². The highest BCUT2D eigenvalue weighted by atomic mass is 16.5. The van der Waals surface area contributed by atoms with Crippen LogP contribution in [0.4, 0.5) is 0 Å². The Morgan fingerprint density at radius 3 is 2.67 bits per heavy atom. The lowest BCUT2D eigenvalue weighted by Gasteiger charge is -1.96. The van der Waals surface area contributed by atoms with Crippen LogP contribution in [0.3, 0.4) is 0 Å². The van der Waals surface area contributed by atoms with Gasteiger partial charge in [-0.15, -0.1) is 0 Å². The molecule has 0 fully saturated rings. The number of hydrogen-bond acceptors (Lipinski definition) is 4. The van der Waals surface area contributed by atoms with Gasteiger partial charge < -0.3 is 9.32 Å². The van der Waals surface area contributed by atoms with Crippen LogP contribution in [0.5, 0.6) is 0 Å². The van der Waals surface area contributed by atoms with Crippen molar-refractivity contribution in [1.82, 2.24) is 10.1 Å².